The van der Waals surface area contributed by atoms with Crippen LogP contribution >= 0.6 is 0 Å². The number of anilines is 1. The van der Waals surface area contributed by atoms with Crippen LogP contribution in [0.5, 0.6) is 5.75 Å². The molecule has 0 bridgehead atoms. The number of halogens is 3. The van der Waals surface area contributed by atoms with Crippen LogP contribution in [0.2, 0.25) is 0 Å². The van der Waals surface area contributed by atoms with Crippen LogP contribution < -0.4 is 9.50 Å². The lowest BCUT2D eigenvalue weighted by Crippen LogP contribution is -2.35. The molecule has 1 unspecified atom stereocenters. The molecule has 34 heavy (non-hydrogen) atoms. The van der Waals surface area contributed by atoms with Crippen molar-refractivity contribution in [3.05, 3.63) is 59.2 Å². The van der Waals surface area contributed by atoms with Gasteiger partial charge in [0.25, 0.3) is 0 Å². The SMILES string of the molecule is CC(=O)Nc1ccc2c(c1)C(CN1CCC(c3ccc(OS(=O)(=O)C(F)(F)F)cc3)CC1)CC2. The van der Waals surface area contributed by atoms with E-state index in [1.807, 2.05) is 6.07 Å². The molecule has 4 rings (SSSR count). The van der Waals surface area contributed by atoms with Gasteiger partial charge in [-0.3, -0.25) is 4.79 Å². The normalized spacial score (nSPS) is 19.6. The van der Waals surface area contributed by atoms with E-state index in [-0.39, 0.29) is 17.6 Å². The van der Waals surface area contributed by atoms with Gasteiger partial charge in [0.05, 0.1) is 0 Å². The number of fused-ring (bicyclic) bond motifs is 1. The molecule has 184 valence electrons. The second kappa shape index (κ2) is 9.58. The Balaban J connectivity index is 1.32. The number of piperidine rings is 1. The van der Waals surface area contributed by atoms with Gasteiger partial charge >= 0.3 is 15.6 Å². The molecule has 1 heterocycles. The summed E-state index contributed by atoms with van der Waals surface area (Å²) < 4.78 is 64.0. The Hall–Kier alpha value is -2.59. The number of carbonyl (C=O) groups is 1. The average molecular weight is 497 g/mol. The predicted octanol–water partition coefficient (Wildman–Crippen LogP) is 4.78. The lowest BCUT2D eigenvalue weighted by Gasteiger charge is -2.34. The first kappa shape index (κ1) is 24.5. The Kier molecular flexibility index (Phi) is 6.91. The minimum Gasteiger partial charge on any atom is -0.376 e. The summed E-state index contributed by atoms with van der Waals surface area (Å²) in [6.07, 6.45) is 3.94. The summed E-state index contributed by atoms with van der Waals surface area (Å²) in [6.45, 7) is 4.26. The maximum atomic E-state index is 12.5. The molecule has 0 spiro atoms. The van der Waals surface area contributed by atoms with E-state index in [1.54, 1.807) is 12.1 Å². The Morgan fingerprint density at radius 1 is 1.09 bits per heavy atom. The van der Waals surface area contributed by atoms with Crippen molar-refractivity contribution in [1.82, 2.24) is 4.90 Å². The number of likely N-dealkylation sites (tertiary alicyclic amines) is 1. The van der Waals surface area contributed by atoms with E-state index in [0.29, 0.717) is 5.92 Å². The third-order valence-electron chi connectivity index (χ3n) is 6.58. The molecule has 2 aromatic rings. The number of rotatable bonds is 6. The number of carbonyl (C=O) groups excluding carboxylic acids is 1. The highest BCUT2D eigenvalue weighted by molar-refractivity contribution is 7.88. The van der Waals surface area contributed by atoms with Crippen molar-refractivity contribution in [2.45, 2.75) is 50.0 Å². The summed E-state index contributed by atoms with van der Waals surface area (Å²) >= 11 is 0. The predicted molar refractivity (Wildman–Crippen MR) is 122 cm³/mol. The summed E-state index contributed by atoms with van der Waals surface area (Å²) in [4.78, 5) is 13.8. The number of aryl methyl sites for hydroxylation is 1. The monoisotopic (exact) mass is 496 g/mol. The van der Waals surface area contributed by atoms with Gasteiger partial charge < -0.3 is 14.4 Å². The zero-order valence-electron chi connectivity index (χ0n) is 18.8. The molecule has 2 aliphatic rings. The fraction of sp³-hybridized carbons (Fsp3) is 0.458. The van der Waals surface area contributed by atoms with E-state index in [2.05, 4.69) is 26.5 Å². The molecule has 1 amide bonds. The van der Waals surface area contributed by atoms with Crippen molar-refractivity contribution in [2.75, 3.05) is 25.0 Å². The molecular formula is C24H27F3N2O4S. The largest absolute Gasteiger partial charge is 0.534 e. The number of hydrogen-bond donors (Lipinski definition) is 1. The lowest BCUT2D eigenvalue weighted by molar-refractivity contribution is -0.114. The Bertz CT molecular complexity index is 1140. The van der Waals surface area contributed by atoms with Crippen molar-refractivity contribution in [3.8, 4) is 5.75 Å². The van der Waals surface area contributed by atoms with Crippen LogP contribution in [0.25, 0.3) is 0 Å². The molecule has 6 nitrogen and oxygen atoms in total. The second-order valence-corrected chi connectivity index (χ2v) is 10.5. The lowest BCUT2D eigenvalue weighted by atomic mass is 9.88. The van der Waals surface area contributed by atoms with Crippen LogP contribution in [0, 0.1) is 0 Å². The van der Waals surface area contributed by atoms with E-state index >= 15 is 0 Å². The molecular weight excluding hydrogens is 469 g/mol. The molecule has 10 heteroatoms. The summed E-state index contributed by atoms with van der Waals surface area (Å²) in [6, 6.07) is 11.9. The van der Waals surface area contributed by atoms with Gasteiger partial charge in [0.2, 0.25) is 5.91 Å². The maximum absolute atomic E-state index is 12.5. The minimum atomic E-state index is -5.66. The molecule has 2 aromatic carbocycles. The summed E-state index contributed by atoms with van der Waals surface area (Å²) in [5, 5.41) is 2.86. The van der Waals surface area contributed by atoms with E-state index in [4.69, 9.17) is 0 Å². The second-order valence-electron chi connectivity index (χ2n) is 8.96. The molecule has 0 aromatic heterocycles. The zero-order chi connectivity index (χ0) is 24.5. The average Bonchev–Trinajstić information content (AvgIpc) is 3.15. The number of nitrogens with one attached hydrogen (secondary N) is 1. The molecule has 1 saturated heterocycles. The van der Waals surface area contributed by atoms with Crippen LogP contribution in [-0.4, -0.2) is 44.4 Å². The minimum absolute atomic E-state index is 0.0851. The third kappa shape index (κ3) is 5.55. The van der Waals surface area contributed by atoms with Gasteiger partial charge in [-0.25, -0.2) is 0 Å². The number of alkyl halides is 3. The summed E-state index contributed by atoms with van der Waals surface area (Å²) in [5.41, 5.74) is -1.03. The van der Waals surface area contributed by atoms with E-state index in [0.717, 1.165) is 56.6 Å². The molecule has 0 radical (unpaired) electrons. The van der Waals surface area contributed by atoms with Crippen molar-refractivity contribution < 1.29 is 30.6 Å². The van der Waals surface area contributed by atoms with Crippen molar-refractivity contribution >= 4 is 21.7 Å². The van der Waals surface area contributed by atoms with Crippen molar-refractivity contribution in [1.29, 1.82) is 0 Å². The number of amides is 1. The van der Waals surface area contributed by atoms with Gasteiger partial charge in [0.1, 0.15) is 5.75 Å². The Morgan fingerprint density at radius 3 is 2.38 bits per heavy atom. The highest BCUT2D eigenvalue weighted by Crippen LogP contribution is 2.37. The molecule has 1 aliphatic heterocycles. The fourth-order valence-corrected chi connectivity index (χ4v) is 5.35. The van der Waals surface area contributed by atoms with Gasteiger partial charge in [-0.2, -0.15) is 21.6 Å². The van der Waals surface area contributed by atoms with Gasteiger partial charge in [0, 0.05) is 19.2 Å². The highest BCUT2D eigenvalue weighted by Gasteiger charge is 2.48. The van der Waals surface area contributed by atoms with Crippen molar-refractivity contribution in [3.63, 3.8) is 0 Å². The topological polar surface area (TPSA) is 75.7 Å². The molecule has 1 aliphatic carbocycles. The standard InChI is InChI=1S/C24H27F3N2O4S/c1-16(30)28-21-7-4-19-2-3-20(23(19)14-21)15-29-12-10-18(11-13-29)17-5-8-22(9-6-17)33-34(31,32)24(25,26)27/h4-9,14,18,20H,2-3,10-13,15H2,1H3,(H,28,30). The van der Waals surface area contributed by atoms with Crippen LogP contribution in [0.1, 0.15) is 54.7 Å². The van der Waals surface area contributed by atoms with Gasteiger partial charge in [-0.15, -0.1) is 0 Å². The number of benzene rings is 2. The fourth-order valence-electron chi connectivity index (χ4n) is 4.89. The van der Waals surface area contributed by atoms with E-state index in [1.165, 1.54) is 30.2 Å². The quantitative estimate of drug-likeness (QED) is 0.460. The Morgan fingerprint density at radius 2 is 1.76 bits per heavy atom. The third-order valence-corrected chi connectivity index (χ3v) is 7.55. The van der Waals surface area contributed by atoms with Crippen LogP contribution in [0.4, 0.5) is 18.9 Å². The van der Waals surface area contributed by atoms with Gasteiger partial charge in [-0.05, 0) is 91.6 Å². The van der Waals surface area contributed by atoms with Crippen LogP contribution in [0.3, 0.4) is 0 Å². The molecule has 1 fully saturated rings. The van der Waals surface area contributed by atoms with Crippen molar-refractivity contribution in [2.24, 2.45) is 0 Å². The summed E-state index contributed by atoms with van der Waals surface area (Å²) in [7, 11) is -5.66. The molecule has 1 atom stereocenters. The molecule has 0 saturated carbocycles. The number of hydrogen-bond acceptors (Lipinski definition) is 5. The number of nitrogens with zero attached hydrogens (tertiary/aromatic N) is 1. The summed E-state index contributed by atoms with van der Waals surface area (Å²) in [5.74, 6) is 0.245. The first-order chi connectivity index (χ1) is 16.0. The molecule has 1 N–H and O–H groups in total. The first-order valence-electron chi connectivity index (χ1n) is 11.3. The van der Waals surface area contributed by atoms with E-state index < -0.39 is 15.6 Å². The zero-order valence-corrected chi connectivity index (χ0v) is 19.6. The maximum Gasteiger partial charge on any atom is 0.534 e. The highest BCUT2D eigenvalue weighted by atomic mass is 32.2. The smallest absolute Gasteiger partial charge is 0.376 e. The van der Waals surface area contributed by atoms with Gasteiger partial charge in [-0.1, -0.05) is 18.2 Å². The van der Waals surface area contributed by atoms with Crippen LogP contribution in [0.15, 0.2) is 42.5 Å². The van der Waals surface area contributed by atoms with Gasteiger partial charge in [0.15, 0.2) is 0 Å². The van der Waals surface area contributed by atoms with Crippen LogP contribution in [-0.2, 0) is 21.3 Å². The van der Waals surface area contributed by atoms with E-state index in [9.17, 15) is 26.4 Å². The first-order valence-corrected chi connectivity index (χ1v) is 12.7. The Labute approximate surface area is 197 Å².